The summed E-state index contributed by atoms with van der Waals surface area (Å²) in [6.07, 6.45) is 0. The van der Waals surface area contributed by atoms with E-state index in [9.17, 15) is 10.1 Å². The minimum atomic E-state index is -0.486. The Hall–Kier alpha value is -2.55. The van der Waals surface area contributed by atoms with Gasteiger partial charge in [-0.15, -0.1) is 5.10 Å². The van der Waals surface area contributed by atoms with E-state index >= 15 is 0 Å². The van der Waals surface area contributed by atoms with Crippen molar-refractivity contribution in [3.63, 3.8) is 0 Å². The van der Waals surface area contributed by atoms with E-state index in [-0.39, 0.29) is 5.69 Å². The van der Waals surface area contributed by atoms with Gasteiger partial charge in [-0.2, -0.15) is 4.68 Å². The Balaban J connectivity index is 2.49. The molecule has 0 spiro atoms. The number of nitrogens with zero attached hydrogens (tertiary/aromatic N) is 5. The third-order valence-corrected chi connectivity index (χ3v) is 2.47. The maximum Gasteiger partial charge on any atom is 0.273 e. The minimum absolute atomic E-state index is 0.0520. The van der Waals surface area contributed by atoms with Gasteiger partial charge in [-0.3, -0.25) is 10.1 Å². The molecule has 0 fully saturated rings. The Morgan fingerprint density at radius 3 is 2.95 bits per heavy atom. The first-order valence-corrected chi connectivity index (χ1v) is 5.42. The fourth-order valence-corrected chi connectivity index (χ4v) is 1.62. The first kappa shape index (κ1) is 12.9. The Labute approximate surface area is 108 Å². The summed E-state index contributed by atoms with van der Waals surface area (Å²) in [5.74, 6) is 0.911. The van der Waals surface area contributed by atoms with Crippen molar-refractivity contribution in [1.29, 1.82) is 0 Å². The number of non-ortho nitro benzene ring substituents is 1. The van der Waals surface area contributed by atoms with E-state index in [4.69, 9.17) is 4.74 Å². The van der Waals surface area contributed by atoms with Gasteiger partial charge in [0.2, 0.25) is 0 Å². The van der Waals surface area contributed by atoms with E-state index in [2.05, 4.69) is 20.8 Å². The Morgan fingerprint density at radius 2 is 2.32 bits per heavy atom. The van der Waals surface area contributed by atoms with Crippen LogP contribution in [0.15, 0.2) is 18.2 Å². The van der Waals surface area contributed by atoms with Gasteiger partial charge in [-0.1, -0.05) is 0 Å². The molecule has 19 heavy (non-hydrogen) atoms. The summed E-state index contributed by atoms with van der Waals surface area (Å²) in [5, 5.41) is 25.0. The van der Waals surface area contributed by atoms with Crippen molar-refractivity contribution in [2.24, 2.45) is 0 Å². The van der Waals surface area contributed by atoms with Gasteiger partial charge in [-0.25, -0.2) is 0 Å². The van der Waals surface area contributed by atoms with Crippen molar-refractivity contribution in [1.82, 2.24) is 25.5 Å². The van der Waals surface area contributed by atoms with Crippen molar-refractivity contribution in [3.8, 4) is 11.4 Å². The van der Waals surface area contributed by atoms with Crippen LogP contribution in [0, 0.1) is 10.1 Å². The van der Waals surface area contributed by atoms with Gasteiger partial charge in [0, 0.05) is 6.07 Å². The van der Waals surface area contributed by atoms with Crippen LogP contribution in [0.1, 0.15) is 5.82 Å². The molecule has 100 valence electrons. The summed E-state index contributed by atoms with van der Waals surface area (Å²) in [5.41, 5.74) is 0.493. The van der Waals surface area contributed by atoms with Crippen molar-refractivity contribution >= 4 is 5.69 Å². The van der Waals surface area contributed by atoms with Crippen LogP contribution in [0.5, 0.6) is 5.75 Å². The molecule has 1 aromatic carbocycles. The van der Waals surface area contributed by atoms with Crippen LogP contribution in [0.2, 0.25) is 0 Å². The van der Waals surface area contributed by atoms with E-state index in [1.165, 1.54) is 23.9 Å². The van der Waals surface area contributed by atoms with Crippen LogP contribution < -0.4 is 10.1 Å². The number of nitrogens with one attached hydrogen (secondary N) is 1. The highest BCUT2D eigenvalue weighted by atomic mass is 16.6. The molecule has 1 N–H and O–H groups in total. The van der Waals surface area contributed by atoms with Crippen LogP contribution in [-0.4, -0.2) is 39.3 Å². The van der Waals surface area contributed by atoms with Crippen molar-refractivity contribution in [2.45, 2.75) is 6.54 Å². The number of benzene rings is 1. The topological polar surface area (TPSA) is 108 Å². The highest BCUT2D eigenvalue weighted by Gasteiger charge is 2.16. The molecule has 9 heteroatoms. The van der Waals surface area contributed by atoms with Crippen molar-refractivity contribution < 1.29 is 9.66 Å². The monoisotopic (exact) mass is 264 g/mol. The summed E-state index contributed by atoms with van der Waals surface area (Å²) in [6.45, 7) is 0.465. The zero-order chi connectivity index (χ0) is 13.8. The fourth-order valence-electron chi connectivity index (χ4n) is 1.62. The highest BCUT2D eigenvalue weighted by molar-refractivity contribution is 5.52. The second-order valence-electron chi connectivity index (χ2n) is 3.65. The molecule has 1 heterocycles. The standard InChI is InChI=1S/C10H12N6O3/c1-11-6-10-12-13-14-15(10)8-4-3-7(16(17)18)5-9(8)19-2/h3-5,11H,6H2,1-2H3. The number of nitro groups is 1. The van der Waals surface area contributed by atoms with Crippen LogP contribution in [-0.2, 0) is 6.54 Å². The van der Waals surface area contributed by atoms with Crippen LogP contribution >= 0.6 is 0 Å². The Bertz CT molecular complexity index is 597. The van der Waals surface area contributed by atoms with Crippen LogP contribution in [0.4, 0.5) is 5.69 Å². The fraction of sp³-hybridized carbons (Fsp3) is 0.300. The van der Waals surface area contributed by atoms with Gasteiger partial charge < -0.3 is 10.1 Å². The number of nitro benzene ring substituents is 1. The molecule has 0 atom stereocenters. The van der Waals surface area contributed by atoms with Crippen LogP contribution in [0.25, 0.3) is 5.69 Å². The molecule has 9 nitrogen and oxygen atoms in total. The van der Waals surface area contributed by atoms with Crippen molar-refractivity contribution in [3.05, 3.63) is 34.1 Å². The lowest BCUT2D eigenvalue weighted by Gasteiger charge is -2.09. The molecule has 0 bridgehead atoms. The first-order chi connectivity index (χ1) is 9.17. The summed E-state index contributed by atoms with van der Waals surface area (Å²) in [4.78, 5) is 10.2. The normalized spacial score (nSPS) is 10.4. The van der Waals surface area contributed by atoms with E-state index in [1.54, 1.807) is 13.1 Å². The quantitative estimate of drug-likeness (QED) is 0.611. The molecule has 0 aliphatic carbocycles. The molecule has 0 aliphatic heterocycles. The summed E-state index contributed by atoms with van der Waals surface area (Å²) < 4.78 is 6.62. The van der Waals surface area contributed by atoms with Gasteiger partial charge in [0.1, 0.15) is 5.69 Å². The number of tetrazole rings is 1. The number of rotatable bonds is 5. The molecule has 2 rings (SSSR count). The average molecular weight is 264 g/mol. The average Bonchev–Trinajstić information content (AvgIpc) is 2.86. The molecule has 0 saturated carbocycles. The SMILES string of the molecule is CNCc1nnnn1-c1ccc([N+](=O)[O-])cc1OC. The van der Waals surface area contributed by atoms with E-state index in [1.807, 2.05) is 0 Å². The largest absolute Gasteiger partial charge is 0.494 e. The molecular formula is C10H12N6O3. The molecule has 0 unspecified atom stereocenters. The maximum atomic E-state index is 10.7. The molecule has 0 aliphatic rings. The van der Waals surface area contributed by atoms with Gasteiger partial charge in [0.25, 0.3) is 5.69 Å². The summed E-state index contributed by atoms with van der Waals surface area (Å²) in [6, 6.07) is 4.26. The van der Waals surface area contributed by atoms with Crippen molar-refractivity contribution in [2.75, 3.05) is 14.2 Å². The summed E-state index contributed by atoms with van der Waals surface area (Å²) >= 11 is 0. The third-order valence-electron chi connectivity index (χ3n) is 2.47. The molecule has 0 radical (unpaired) electrons. The molecule has 2 aromatic rings. The van der Waals surface area contributed by atoms with E-state index in [0.29, 0.717) is 23.8 Å². The van der Waals surface area contributed by atoms with Crippen LogP contribution in [0.3, 0.4) is 0 Å². The van der Waals surface area contributed by atoms with Gasteiger partial charge in [0.15, 0.2) is 11.6 Å². The molecule has 1 aromatic heterocycles. The number of aromatic nitrogens is 4. The number of methoxy groups -OCH3 is 1. The first-order valence-electron chi connectivity index (χ1n) is 5.42. The lowest BCUT2D eigenvalue weighted by molar-refractivity contribution is -0.384. The lowest BCUT2D eigenvalue weighted by atomic mass is 10.2. The minimum Gasteiger partial charge on any atom is -0.494 e. The van der Waals surface area contributed by atoms with Gasteiger partial charge >= 0.3 is 0 Å². The molecular weight excluding hydrogens is 252 g/mol. The zero-order valence-corrected chi connectivity index (χ0v) is 10.4. The van der Waals surface area contributed by atoms with Gasteiger partial charge in [-0.05, 0) is 23.5 Å². The number of hydrogen-bond acceptors (Lipinski definition) is 7. The molecule has 0 amide bonds. The second-order valence-corrected chi connectivity index (χ2v) is 3.65. The number of ether oxygens (including phenoxy) is 1. The predicted octanol–water partition coefficient (Wildman–Crippen LogP) is 0.298. The Kier molecular flexibility index (Phi) is 3.66. The predicted molar refractivity (Wildman–Crippen MR) is 65.1 cm³/mol. The number of hydrogen-bond donors (Lipinski definition) is 1. The smallest absolute Gasteiger partial charge is 0.273 e. The maximum absolute atomic E-state index is 10.7. The highest BCUT2D eigenvalue weighted by Crippen LogP contribution is 2.27. The van der Waals surface area contributed by atoms with E-state index < -0.39 is 4.92 Å². The third kappa shape index (κ3) is 2.50. The second kappa shape index (κ2) is 5.40. The van der Waals surface area contributed by atoms with E-state index in [0.717, 1.165) is 0 Å². The lowest BCUT2D eigenvalue weighted by Crippen LogP contribution is -2.12. The molecule has 0 saturated heterocycles. The summed E-state index contributed by atoms with van der Waals surface area (Å²) in [7, 11) is 3.21. The zero-order valence-electron chi connectivity index (χ0n) is 10.4. The van der Waals surface area contributed by atoms with Gasteiger partial charge in [0.05, 0.1) is 24.6 Å². The Morgan fingerprint density at radius 1 is 1.53 bits per heavy atom.